The SMILES string of the molecule is COCC(C)c1cc(C)c2[nH]c(Cl)c(OC)cc1-2. The summed E-state index contributed by atoms with van der Waals surface area (Å²) >= 11 is 6.12. The van der Waals surface area contributed by atoms with Crippen LogP contribution in [0.2, 0.25) is 5.15 Å². The summed E-state index contributed by atoms with van der Waals surface area (Å²) in [5, 5.41) is 0.532. The molecule has 0 radical (unpaired) electrons. The van der Waals surface area contributed by atoms with Gasteiger partial charge in [0, 0.05) is 24.3 Å². The number of rotatable bonds is 4. The van der Waals surface area contributed by atoms with Gasteiger partial charge in [-0.3, -0.25) is 0 Å². The summed E-state index contributed by atoms with van der Waals surface area (Å²) in [5.41, 5.74) is 4.67. The summed E-state index contributed by atoms with van der Waals surface area (Å²) in [6.45, 7) is 4.92. The Labute approximate surface area is 112 Å². The van der Waals surface area contributed by atoms with Gasteiger partial charge in [0.1, 0.15) is 5.15 Å². The zero-order valence-electron chi connectivity index (χ0n) is 11.1. The molecule has 98 valence electrons. The van der Waals surface area contributed by atoms with Crippen molar-refractivity contribution < 1.29 is 9.47 Å². The number of hydrogen-bond donors (Lipinski definition) is 1. The number of ether oxygens (including phenoxy) is 2. The molecular formula is C14H18ClNO2. The molecule has 18 heavy (non-hydrogen) atoms. The van der Waals surface area contributed by atoms with Crippen LogP contribution in [0.4, 0.5) is 0 Å². The summed E-state index contributed by atoms with van der Waals surface area (Å²) in [6, 6.07) is 4.17. The molecule has 0 aromatic rings. The second-order valence-corrected chi connectivity index (χ2v) is 4.96. The molecule has 1 aliphatic carbocycles. The highest BCUT2D eigenvalue weighted by atomic mass is 35.5. The number of H-pyrrole nitrogens is 1. The van der Waals surface area contributed by atoms with Crippen molar-refractivity contribution in [2.45, 2.75) is 19.8 Å². The minimum atomic E-state index is 0.338. The molecule has 3 nitrogen and oxygen atoms in total. The second-order valence-electron chi connectivity index (χ2n) is 4.58. The molecule has 1 unspecified atom stereocenters. The van der Waals surface area contributed by atoms with Crippen molar-refractivity contribution in [3.8, 4) is 17.0 Å². The predicted octanol–water partition coefficient (Wildman–Crippen LogP) is 3.84. The first-order valence-electron chi connectivity index (χ1n) is 5.93. The van der Waals surface area contributed by atoms with Gasteiger partial charge in [0.25, 0.3) is 0 Å². The molecule has 2 aliphatic rings. The lowest BCUT2D eigenvalue weighted by Gasteiger charge is -2.14. The molecule has 0 aromatic carbocycles. The summed E-state index contributed by atoms with van der Waals surface area (Å²) in [6.07, 6.45) is 0. The van der Waals surface area contributed by atoms with Gasteiger partial charge < -0.3 is 14.5 Å². The molecule has 0 amide bonds. The highest BCUT2D eigenvalue weighted by Crippen LogP contribution is 2.39. The number of pyridine rings is 1. The van der Waals surface area contributed by atoms with Gasteiger partial charge in [-0.15, -0.1) is 0 Å². The number of methoxy groups -OCH3 is 2. The third kappa shape index (κ3) is 2.20. The maximum atomic E-state index is 6.12. The summed E-state index contributed by atoms with van der Waals surface area (Å²) in [5.74, 6) is 1.01. The fourth-order valence-electron chi connectivity index (χ4n) is 2.32. The maximum absolute atomic E-state index is 6.12. The van der Waals surface area contributed by atoms with E-state index in [0.29, 0.717) is 23.4 Å². The molecule has 4 heteroatoms. The number of nitrogens with one attached hydrogen (secondary N) is 1. The van der Waals surface area contributed by atoms with E-state index in [0.717, 1.165) is 11.3 Å². The third-order valence-corrected chi connectivity index (χ3v) is 3.52. The van der Waals surface area contributed by atoms with E-state index in [-0.39, 0.29) is 0 Å². The lowest BCUT2D eigenvalue weighted by molar-refractivity contribution is 0.184. The zero-order valence-corrected chi connectivity index (χ0v) is 11.9. The van der Waals surface area contributed by atoms with E-state index in [9.17, 15) is 0 Å². The minimum Gasteiger partial charge on any atom is -0.494 e. The average Bonchev–Trinajstić information content (AvgIpc) is 2.66. The Balaban J connectivity index is 2.56. The Morgan fingerprint density at radius 3 is 2.67 bits per heavy atom. The van der Waals surface area contributed by atoms with Gasteiger partial charge in [-0.05, 0) is 24.1 Å². The van der Waals surface area contributed by atoms with Gasteiger partial charge in [-0.25, -0.2) is 0 Å². The van der Waals surface area contributed by atoms with E-state index in [1.165, 1.54) is 11.1 Å². The molecule has 0 saturated heterocycles. The number of halogens is 1. The Bertz CT molecular complexity index is 521. The summed E-state index contributed by atoms with van der Waals surface area (Å²) < 4.78 is 10.5. The first-order valence-corrected chi connectivity index (χ1v) is 6.31. The summed E-state index contributed by atoms with van der Waals surface area (Å²) in [4.78, 5) is 3.19. The van der Waals surface area contributed by atoms with Crippen LogP contribution in [0.1, 0.15) is 24.0 Å². The van der Waals surface area contributed by atoms with Gasteiger partial charge in [0.05, 0.1) is 13.7 Å². The number of aromatic nitrogens is 1. The standard InChI is InChI=1S/C14H18ClNO2/c1-8-5-10(9(2)7-17-3)11-6-12(18-4)14(15)16-13(8)11/h5-6,9,16H,7H2,1-4H3. The van der Waals surface area contributed by atoms with Crippen molar-refractivity contribution in [1.82, 2.24) is 4.98 Å². The fourth-order valence-corrected chi connectivity index (χ4v) is 2.55. The van der Waals surface area contributed by atoms with Gasteiger partial charge in [0.15, 0.2) is 5.75 Å². The molecule has 2 rings (SSSR count). The van der Waals surface area contributed by atoms with E-state index >= 15 is 0 Å². The lowest BCUT2D eigenvalue weighted by Crippen LogP contribution is -2.02. The fraction of sp³-hybridized carbons (Fsp3) is 0.429. The van der Waals surface area contributed by atoms with Crippen LogP contribution < -0.4 is 4.74 Å². The Morgan fingerprint density at radius 1 is 1.33 bits per heavy atom. The highest BCUT2D eigenvalue weighted by Gasteiger charge is 2.20. The van der Waals surface area contributed by atoms with Crippen LogP contribution >= 0.6 is 11.6 Å². The average molecular weight is 268 g/mol. The number of hydrogen-bond acceptors (Lipinski definition) is 2. The maximum Gasteiger partial charge on any atom is 0.154 e. The number of aryl methyl sites for hydroxylation is 1. The molecule has 1 N–H and O–H groups in total. The van der Waals surface area contributed by atoms with Gasteiger partial charge in [-0.1, -0.05) is 24.6 Å². The van der Waals surface area contributed by atoms with Crippen LogP contribution in [0.15, 0.2) is 12.1 Å². The second kappa shape index (κ2) is 5.21. The molecule has 0 bridgehead atoms. The van der Waals surface area contributed by atoms with Crippen molar-refractivity contribution >= 4 is 11.6 Å². The minimum absolute atomic E-state index is 0.338. The Morgan fingerprint density at radius 2 is 2.06 bits per heavy atom. The summed E-state index contributed by atoms with van der Waals surface area (Å²) in [7, 11) is 3.34. The molecule has 1 aliphatic heterocycles. The third-order valence-electron chi connectivity index (χ3n) is 3.24. The highest BCUT2D eigenvalue weighted by molar-refractivity contribution is 6.31. The number of aromatic amines is 1. The van der Waals surface area contributed by atoms with Crippen LogP contribution in [0.5, 0.6) is 5.75 Å². The smallest absolute Gasteiger partial charge is 0.154 e. The zero-order chi connectivity index (χ0) is 13.3. The van der Waals surface area contributed by atoms with Crippen molar-refractivity contribution in [2.75, 3.05) is 20.8 Å². The monoisotopic (exact) mass is 267 g/mol. The van der Waals surface area contributed by atoms with Gasteiger partial charge in [-0.2, -0.15) is 0 Å². The van der Waals surface area contributed by atoms with Crippen LogP contribution in [-0.2, 0) is 4.74 Å². The van der Waals surface area contributed by atoms with Crippen molar-refractivity contribution in [3.05, 3.63) is 28.4 Å². The first kappa shape index (κ1) is 13.2. The first-order chi connectivity index (χ1) is 8.58. The topological polar surface area (TPSA) is 34.2 Å². The van der Waals surface area contributed by atoms with Crippen molar-refractivity contribution in [2.24, 2.45) is 0 Å². The predicted molar refractivity (Wildman–Crippen MR) is 74.0 cm³/mol. The molecule has 1 heterocycles. The molecular weight excluding hydrogens is 250 g/mol. The Hall–Kier alpha value is -1.19. The van der Waals surface area contributed by atoms with Crippen LogP contribution in [-0.4, -0.2) is 25.8 Å². The normalized spacial score (nSPS) is 12.9. The van der Waals surface area contributed by atoms with Crippen LogP contribution in [0.3, 0.4) is 0 Å². The lowest BCUT2D eigenvalue weighted by atomic mass is 10.00. The Kier molecular flexibility index (Phi) is 3.83. The quantitative estimate of drug-likeness (QED) is 0.854. The van der Waals surface area contributed by atoms with E-state index in [4.69, 9.17) is 21.1 Å². The van der Waals surface area contributed by atoms with Gasteiger partial charge >= 0.3 is 0 Å². The molecule has 0 fully saturated rings. The molecule has 0 aromatic heterocycles. The van der Waals surface area contributed by atoms with E-state index in [2.05, 4.69) is 24.9 Å². The van der Waals surface area contributed by atoms with Crippen molar-refractivity contribution in [3.63, 3.8) is 0 Å². The number of fused-ring (bicyclic) bond motifs is 1. The van der Waals surface area contributed by atoms with E-state index < -0.39 is 0 Å². The molecule has 1 atom stereocenters. The van der Waals surface area contributed by atoms with E-state index in [1.54, 1.807) is 14.2 Å². The van der Waals surface area contributed by atoms with Crippen LogP contribution in [0, 0.1) is 6.92 Å². The van der Waals surface area contributed by atoms with Crippen molar-refractivity contribution in [1.29, 1.82) is 0 Å². The molecule has 0 spiro atoms. The molecule has 0 saturated carbocycles. The van der Waals surface area contributed by atoms with E-state index in [1.807, 2.05) is 6.07 Å². The van der Waals surface area contributed by atoms with Gasteiger partial charge in [0.2, 0.25) is 0 Å². The van der Waals surface area contributed by atoms with Crippen LogP contribution in [0.25, 0.3) is 11.3 Å². The largest absolute Gasteiger partial charge is 0.494 e.